The minimum Gasteiger partial charge on any atom is -0.378 e. The van der Waals surface area contributed by atoms with E-state index in [1.807, 2.05) is 30.0 Å². The molecule has 1 atom stereocenters. The average molecular weight is 338 g/mol. The maximum atomic E-state index is 12.6. The van der Waals surface area contributed by atoms with E-state index in [0.717, 1.165) is 36.9 Å². The number of hydrogen-bond donors (Lipinski definition) is 0. The Morgan fingerprint density at radius 3 is 2.39 bits per heavy atom. The van der Waals surface area contributed by atoms with E-state index >= 15 is 0 Å². The van der Waals surface area contributed by atoms with Crippen molar-refractivity contribution in [3.05, 3.63) is 29.3 Å². The van der Waals surface area contributed by atoms with Crippen LogP contribution in [0, 0.1) is 0 Å². The van der Waals surface area contributed by atoms with Crippen LogP contribution in [0.2, 0.25) is 5.02 Å². The molecule has 2 aliphatic rings. The molecule has 1 aromatic carbocycles. The number of ether oxygens (including phenoxy) is 1. The van der Waals surface area contributed by atoms with Gasteiger partial charge >= 0.3 is 0 Å². The van der Waals surface area contributed by atoms with Gasteiger partial charge in [-0.05, 0) is 19.1 Å². The molecular weight excluding hydrogens is 314 g/mol. The number of hydrogen-bond acceptors (Lipinski definition) is 4. The molecule has 2 saturated heterocycles. The average Bonchev–Trinajstić information content (AvgIpc) is 2.62. The molecular formula is C17H24ClN3O2. The van der Waals surface area contributed by atoms with Crippen LogP contribution in [-0.4, -0.2) is 74.2 Å². The molecule has 0 bridgehead atoms. The smallest absolute Gasteiger partial charge is 0.239 e. The van der Waals surface area contributed by atoms with Crippen molar-refractivity contribution in [1.82, 2.24) is 9.80 Å². The van der Waals surface area contributed by atoms with E-state index in [4.69, 9.17) is 16.3 Å². The Morgan fingerprint density at radius 1 is 1.09 bits per heavy atom. The van der Waals surface area contributed by atoms with Gasteiger partial charge in [-0.2, -0.15) is 0 Å². The first-order valence-electron chi connectivity index (χ1n) is 8.27. The highest BCUT2D eigenvalue weighted by Crippen LogP contribution is 2.26. The monoisotopic (exact) mass is 337 g/mol. The van der Waals surface area contributed by atoms with Crippen LogP contribution in [0.15, 0.2) is 24.3 Å². The molecule has 2 heterocycles. The highest BCUT2D eigenvalue weighted by Gasteiger charge is 2.29. The zero-order chi connectivity index (χ0) is 16.2. The molecule has 1 amide bonds. The molecule has 0 saturated carbocycles. The molecule has 2 aliphatic heterocycles. The third-order valence-electron chi connectivity index (χ3n) is 4.74. The minimum atomic E-state index is -0.0681. The van der Waals surface area contributed by atoms with E-state index in [1.165, 1.54) is 0 Å². The summed E-state index contributed by atoms with van der Waals surface area (Å²) < 4.78 is 5.32. The molecule has 0 radical (unpaired) electrons. The summed E-state index contributed by atoms with van der Waals surface area (Å²) in [6.07, 6.45) is 0. The van der Waals surface area contributed by atoms with E-state index < -0.39 is 0 Å². The van der Waals surface area contributed by atoms with Crippen LogP contribution in [0.5, 0.6) is 0 Å². The fraction of sp³-hybridized carbons (Fsp3) is 0.588. The first-order chi connectivity index (χ1) is 11.2. The lowest BCUT2D eigenvalue weighted by atomic mass is 10.1. The van der Waals surface area contributed by atoms with Gasteiger partial charge in [0.25, 0.3) is 0 Å². The standard InChI is InChI=1S/C17H24ClN3O2/c1-14(17(22)21-10-12-23-13-11-21)19-6-8-20(9-7-19)16-5-3-2-4-15(16)18/h2-5,14H,6-13H2,1H3. The number of carbonyl (C=O) groups excluding carboxylic acids is 1. The Hall–Kier alpha value is -1.30. The van der Waals surface area contributed by atoms with E-state index in [9.17, 15) is 4.79 Å². The maximum absolute atomic E-state index is 12.6. The number of piperazine rings is 1. The van der Waals surface area contributed by atoms with Crippen LogP contribution in [0.25, 0.3) is 0 Å². The molecule has 23 heavy (non-hydrogen) atoms. The van der Waals surface area contributed by atoms with Crippen LogP contribution in [0.3, 0.4) is 0 Å². The van der Waals surface area contributed by atoms with E-state index in [-0.39, 0.29) is 11.9 Å². The zero-order valence-corrected chi connectivity index (χ0v) is 14.3. The third kappa shape index (κ3) is 3.79. The predicted molar refractivity (Wildman–Crippen MR) is 92.1 cm³/mol. The minimum absolute atomic E-state index is 0.0681. The summed E-state index contributed by atoms with van der Waals surface area (Å²) in [6, 6.07) is 7.87. The molecule has 1 aromatic rings. The molecule has 1 unspecified atom stereocenters. The lowest BCUT2D eigenvalue weighted by Crippen LogP contribution is -2.56. The SMILES string of the molecule is CC(C(=O)N1CCOCC1)N1CCN(c2ccccc2Cl)CC1. The molecule has 0 aromatic heterocycles. The Morgan fingerprint density at radius 2 is 1.74 bits per heavy atom. The molecule has 0 aliphatic carbocycles. The first-order valence-corrected chi connectivity index (χ1v) is 8.64. The maximum Gasteiger partial charge on any atom is 0.239 e. The van der Waals surface area contributed by atoms with Gasteiger partial charge in [-0.1, -0.05) is 23.7 Å². The van der Waals surface area contributed by atoms with Crippen molar-refractivity contribution in [1.29, 1.82) is 0 Å². The zero-order valence-electron chi connectivity index (χ0n) is 13.6. The summed E-state index contributed by atoms with van der Waals surface area (Å²) in [5.41, 5.74) is 1.08. The quantitative estimate of drug-likeness (QED) is 0.841. The van der Waals surface area contributed by atoms with Gasteiger partial charge in [-0.3, -0.25) is 9.69 Å². The Balaban J connectivity index is 1.56. The summed E-state index contributed by atoms with van der Waals surface area (Å²) in [5, 5.41) is 0.790. The molecule has 2 fully saturated rings. The van der Waals surface area contributed by atoms with Gasteiger partial charge in [0, 0.05) is 39.3 Å². The van der Waals surface area contributed by atoms with Crippen molar-refractivity contribution in [2.24, 2.45) is 0 Å². The fourth-order valence-electron chi connectivity index (χ4n) is 3.26. The van der Waals surface area contributed by atoms with Gasteiger partial charge in [0.15, 0.2) is 0 Å². The van der Waals surface area contributed by atoms with Crippen LogP contribution in [0.1, 0.15) is 6.92 Å². The number of halogens is 1. The number of carbonyl (C=O) groups is 1. The highest BCUT2D eigenvalue weighted by molar-refractivity contribution is 6.33. The summed E-state index contributed by atoms with van der Waals surface area (Å²) in [5.74, 6) is 0.222. The van der Waals surface area contributed by atoms with Gasteiger partial charge < -0.3 is 14.5 Å². The topological polar surface area (TPSA) is 36.0 Å². The second kappa shape index (κ2) is 7.51. The number of morpholine rings is 1. The van der Waals surface area contributed by atoms with Gasteiger partial charge in [0.1, 0.15) is 0 Å². The lowest BCUT2D eigenvalue weighted by molar-refractivity contribution is -0.140. The van der Waals surface area contributed by atoms with Crippen LogP contribution >= 0.6 is 11.6 Å². The molecule has 126 valence electrons. The van der Waals surface area contributed by atoms with Crippen molar-refractivity contribution in [3.8, 4) is 0 Å². The summed E-state index contributed by atoms with van der Waals surface area (Å²) in [4.78, 5) is 19.1. The first kappa shape index (κ1) is 16.6. The summed E-state index contributed by atoms with van der Waals surface area (Å²) >= 11 is 6.28. The van der Waals surface area contributed by atoms with Crippen molar-refractivity contribution < 1.29 is 9.53 Å². The number of rotatable bonds is 3. The highest BCUT2D eigenvalue weighted by atomic mass is 35.5. The van der Waals surface area contributed by atoms with Gasteiger partial charge in [-0.25, -0.2) is 0 Å². The second-order valence-electron chi connectivity index (χ2n) is 6.09. The van der Waals surface area contributed by atoms with Crippen LogP contribution < -0.4 is 4.90 Å². The summed E-state index contributed by atoms with van der Waals surface area (Å²) in [6.45, 7) is 8.28. The van der Waals surface area contributed by atoms with Crippen LogP contribution in [0.4, 0.5) is 5.69 Å². The Kier molecular flexibility index (Phi) is 5.41. The van der Waals surface area contributed by atoms with E-state index in [2.05, 4.69) is 15.9 Å². The number of nitrogens with zero attached hydrogens (tertiary/aromatic N) is 3. The number of para-hydroxylation sites is 1. The number of benzene rings is 1. The third-order valence-corrected chi connectivity index (χ3v) is 5.05. The van der Waals surface area contributed by atoms with E-state index in [1.54, 1.807) is 0 Å². The second-order valence-corrected chi connectivity index (χ2v) is 6.50. The molecule has 0 spiro atoms. The van der Waals surface area contributed by atoms with Crippen molar-refractivity contribution >= 4 is 23.2 Å². The van der Waals surface area contributed by atoms with Crippen molar-refractivity contribution in [2.45, 2.75) is 13.0 Å². The molecule has 3 rings (SSSR count). The van der Waals surface area contributed by atoms with Crippen molar-refractivity contribution in [3.63, 3.8) is 0 Å². The molecule has 6 heteroatoms. The van der Waals surface area contributed by atoms with Gasteiger partial charge in [0.2, 0.25) is 5.91 Å². The predicted octanol–water partition coefficient (Wildman–Crippen LogP) is 1.71. The lowest BCUT2D eigenvalue weighted by Gasteiger charge is -2.40. The fourth-order valence-corrected chi connectivity index (χ4v) is 3.52. The van der Waals surface area contributed by atoms with Gasteiger partial charge in [-0.15, -0.1) is 0 Å². The summed E-state index contributed by atoms with van der Waals surface area (Å²) in [7, 11) is 0. The number of amides is 1. The largest absolute Gasteiger partial charge is 0.378 e. The Bertz CT molecular complexity index is 540. The Labute approximate surface area is 142 Å². The number of anilines is 1. The normalized spacial score (nSPS) is 21.3. The van der Waals surface area contributed by atoms with E-state index in [0.29, 0.717) is 26.3 Å². The van der Waals surface area contributed by atoms with Gasteiger partial charge in [0.05, 0.1) is 30.0 Å². The van der Waals surface area contributed by atoms with Crippen LogP contribution in [-0.2, 0) is 9.53 Å². The molecule has 0 N–H and O–H groups in total. The van der Waals surface area contributed by atoms with Crippen molar-refractivity contribution in [2.75, 3.05) is 57.4 Å². The molecule has 5 nitrogen and oxygen atoms in total.